The Morgan fingerprint density at radius 3 is 2.38 bits per heavy atom. The summed E-state index contributed by atoms with van der Waals surface area (Å²) in [6.07, 6.45) is -3.02. The molecule has 1 aromatic carbocycles. The Hall–Kier alpha value is -1.30. The van der Waals surface area contributed by atoms with Crippen molar-refractivity contribution >= 4 is 0 Å². The van der Waals surface area contributed by atoms with Gasteiger partial charge in [-0.1, -0.05) is 0 Å². The number of hydrogen-bond donors (Lipinski definition) is 2. The van der Waals surface area contributed by atoms with Crippen LogP contribution in [0.15, 0.2) is 18.2 Å². The van der Waals surface area contributed by atoms with Gasteiger partial charge in [0.25, 0.3) is 0 Å². The van der Waals surface area contributed by atoms with Crippen molar-refractivity contribution in [1.29, 1.82) is 0 Å². The topological polar surface area (TPSA) is 32.3 Å². The maximum absolute atomic E-state index is 13.2. The van der Waals surface area contributed by atoms with Gasteiger partial charge in [-0.05, 0) is 50.8 Å². The molecule has 1 fully saturated rings. The number of rotatable bonds is 3. The van der Waals surface area contributed by atoms with Gasteiger partial charge in [0, 0.05) is 17.6 Å². The van der Waals surface area contributed by atoms with E-state index in [2.05, 4.69) is 5.32 Å². The molecule has 0 aliphatic heterocycles. The van der Waals surface area contributed by atoms with Gasteiger partial charge in [0.05, 0.1) is 5.92 Å². The molecule has 2 nitrogen and oxygen atoms in total. The third-order valence-corrected chi connectivity index (χ3v) is 4.13. The second-order valence-electron chi connectivity index (χ2n) is 5.68. The van der Waals surface area contributed by atoms with E-state index in [0.29, 0.717) is 18.4 Å². The van der Waals surface area contributed by atoms with Gasteiger partial charge in [-0.2, -0.15) is 13.2 Å². The molecule has 0 heterocycles. The molecule has 1 aliphatic carbocycles. The minimum absolute atomic E-state index is 0.0135. The van der Waals surface area contributed by atoms with Crippen LogP contribution in [0.2, 0.25) is 0 Å². The summed E-state index contributed by atoms with van der Waals surface area (Å²) in [5.41, 5.74) is 0.424. The molecule has 0 radical (unpaired) electrons. The predicted octanol–water partition coefficient (Wildman–Crippen LogP) is 4.30. The molecule has 2 N–H and O–H groups in total. The lowest BCUT2D eigenvalue weighted by molar-refractivity contribution is -0.182. The fourth-order valence-corrected chi connectivity index (χ4v) is 2.90. The van der Waals surface area contributed by atoms with Crippen LogP contribution in [-0.2, 0) is 0 Å². The Bertz CT molecular complexity index is 481. The summed E-state index contributed by atoms with van der Waals surface area (Å²) in [5, 5.41) is 12.9. The van der Waals surface area contributed by atoms with E-state index in [-0.39, 0.29) is 30.7 Å². The number of phenolic OH excluding ortho intramolecular Hbond substituents is 1. The van der Waals surface area contributed by atoms with Crippen LogP contribution in [0.3, 0.4) is 0 Å². The van der Waals surface area contributed by atoms with Crippen LogP contribution in [0.5, 0.6) is 5.75 Å². The van der Waals surface area contributed by atoms with Crippen molar-refractivity contribution in [3.63, 3.8) is 0 Å². The second-order valence-corrected chi connectivity index (χ2v) is 5.68. The van der Waals surface area contributed by atoms with Gasteiger partial charge >= 0.3 is 6.18 Å². The molecule has 0 amide bonds. The van der Waals surface area contributed by atoms with E-state index < -0.39 is 17.9 Å². The first kappa shape index (κ1) is 16.1. The monoisotopic (exact) mass is 305 g/mol. The van der Waals surface area contributed by atoms with Crippen LogP contribution < -0.4 is 5.32 Å². The van der Waals surface area contributed by atoms with Gasteiger partial charge in [-0.3, -0.25) is 0 Å². The highest BCUT2D eigenvalue weighted by atomic mass is 19.4. The van der Waals surface area contributed by atoms with Gasteiger partial charge in [0.15, 0.2) is 0 Å². The fraction of sp³-hybridized carbons (Fsp3) is 0.600. The first-order valence-corrected chi connectivity index (χ1v) is 7.08. The first-order chi connectivity index (χ1) is 9.77. The molecule has 21 heavy (non-hydrogen) atoms. The molecular formula is C15H19F4NO. The van der Waals surface area contributed by atoms with E-state index in [0.717, 1.165) is 0 Å². The Kier molecular flexibility index (Phi) is 4.76. The van der Waals surface area contributed by atoms with E-state index >= 15 is 0 Å². The van der Waals surface area contributed by atoms with Crippen molar-refractivity contribution in [2.24, 2.45) is 5.92 Å². The van der Waals surface area contributed by atoms with E-state index in [4.69, 9.17) is 0 Å². The summed E-state index contributed by atoms with van der Waals surface area (Å²) >= 11 is 0. The minimum Gasteiger partial charge on any atom is -0.508 e. The van der Waals surface area contributed by atoms with Gasteiger partial charge in [0.1, 0.15) is 11.6 Å². The third kappa shape index (κ3) is 4.09. The van der Waals surface area contributed by atoms with Gasteiger partial charge < -0.3 is 10.4 Å². The zero-order valence-electron chi connectivity index (χ0n) is 11.8. The van der Waals surface area contributed by atoms with Gasteiger partial charge in [-0.15, -0.1) is 0 Å². The summed E-state index contributed by atoms with van der Waals surface area (Å²) in [5.74, 6) is -1.67. The number of hydrogen-bond acceptors (Lipinski definition) is 2. The highest BCUT2D eigenvalue weighted by Crippen LogP contribution is 2.38. The number of benzene rings is 1. The number of alkyl halides is 3. The standard InChI is InChI=1S/C15H19F4NO/c1-9(13-8-11(16)4-7-14(13)21)20-12-5-2-10(3-6-12)15(17,18)19/h4,7-10,12,20-21H,2-3,5-6H2,1H3. The number of phenols is 1. The van der Waals surface area contributed by atoms with Crippen molar-refractivity contribution in [3.05, 3.63) is 29.6 Å². The Morgan fingerprint density at radius 2 is 1.81 bits per heavy atom. The number of aromatic hydroxyl groups is 1. The lowest BCUT2D eigenvalue weighted by Crippen LogP contribution is -2.38. The quantitative estimate of drug-likeness (QED) is 0.816. The summed E-state index contributed by atoms with van der Waals surface area (Å²) in [4.78, 5) is 0. The van der Waals surface area contributed by atoms with Crippen molar-refractivity contribution in [1.82, 2.24) is 5.32 Å². The van der Waals surface area contributed by atoms with Crippen molar-refractivity contribution in [3.8, 4) is 5.75 Å². The first-order valence-electron chi connectivity index (χ1n) is 7.08. The summed E-state index contributed by atoms with van der Waals surface area (Å²) < 4.78 is 51.0. The molecule has 0 aromatic heterocycles. The largest absolute Gasteiger partial charge is 0.508 e. The summed E-state index contributed by atoms with van der Waals surface area (Å²) in [6, 6.07) is 3.34. The van der Waals surface area contributed by atoms with Crippen molar-refractivity contribution in [2.75, 3.05) is 0 Å². The lowest BCUT2D eigenvalue weighted by Gasteiger charge is -2.32. The molecule has 1 saturated carbocycles. The Balaban J connectivity index is 1.93. The van der Waals surface area contributed by atoms with Crippen LogP contribution in [0.1, 0.15) is 44.2 Å². The van der Waals surface area contributed by atoms with E-state index in [1.807, 2.05) is 0 Å². The highest BCUT2D eigenvalue weighted by molar-refractivity contribution is 5.34. The maximum atomic E-state index is 13.2. The highest BCUT2D eigenvalue weighted by Gasteiger charge is 2.41. The third-order valence-electron chi connectivity index (χ3n) is 4.13. The fourth-order valence-electron chi connectivity index (χ4n) is 2.90. The van der Waals surface area contributed by atoms with Crippen LogP contribution >= 0.6 is 0 Å². The average Bonchev–Trinajstić information content (AvgIpc) is 2.41. The van der Waals surface area contributed by atoms with Crippen LogP contribution in [0, 0.1) is 11.7 Å². The molecule has 0 saturated heterocycles. The summed E-state index contributed by atoms with van der Waals surface area (Å²) in [6.45, 7) is 1.77. The Labute approximate surface area is 121 Å². The molecule has 6 heteroatoms. The molecule has 1 unspecified atom stereocenters. The molecule has 0 bridgehead atoms. The molecule has 118 valence electrons. The van der Waals surface area contributed by atoms with Gasteiger partial charge in [0.2, 0.25) is 0 Å². The van der Waals surface area contributed by atoms with Crippen molar-refractivity contribution < 1.29 is 22.7 Å². The molecular weight excluding hydrogens is 286 g/mol. The van der Waals surface area contributed by atoms with E-state index in [1.165, 1.54) is 18.2 Å². The minimum atomic E-state index is -4.11. The molecule has 2 rings (SSSR count). The van der Waals surface area contributed by atoms with Gasteiger partial charge in [-0.25, -0.2) is 4.39 Å². The second kappa shape index (κ2) is 6.22. The maximum Gasteiger partial charge on any atom is 0.391 e. The molecule has 1 atom stereocenters. The smallest absolute Gasteiger partial charge is 0.391 e. The lowest BCUT2D eigenvalue weighted by atomic mass is 9.85. The van der Waals surface area contributed by atoms with Crippen LogP contribution in [-0.4, -0.2) is 17.3 Å². The van der Waals surface area contributed by atoms with Crippen LogP contribution in [0.25, 0.3) is 0 Å². The van der Waals surface area contributed by atoms with Crippen LogP contribution in [0.4, 0.5) is 17.6 Å². The summed E-state index contributed by atoms with van der Waals surface area (Å²) in [7, 11) is 0. The molecule has 1 aliphatic rings. The number of halogens is 4. The average molecular weight is 305 g/mol. The van der Waals surface area contributed by atoms with E-state index in [1.54, 1.807) is 6.92 Å². The predicted molar refractivity (Wildman–Crippen MR) is 71.4 cm³/mol. The van der Waals surface area contributed by atoms with E-state index in [9.17, 15) is 22.7 Å². The zero-order chi connectivity index (χ0) is 15.6. The number of nitrogens with one attached hydrogen (secondary N) is 1. The Morgan fingerprint density at radius 1 is 1.19 bits per heavy atom. The van der Waals surface area contributed by atoms with Crippen molar-refractivity contribution in [2.45, 2.75) is 50.9 Å². The molecule has 0 spiro atoms. The molecule has 1 aromatic rings. The normalized spacial score (nSPS) is 24.8. The zero-order valence-corrected chi connectivity index (χ0v) is 11.8. The SMILES string of the molecule is CC(NC1CCC(C(F)(F)F)CC1)c1cc(F)ccc1O.